The molecule has 2 nitrogen and oxygen atoms in total. The highest BCUT2D eigenvalue weighted by molar-refractivity contribution is 5.96. The molecule has 0 aliphatic heterocycles. The van der Waals surface area contributed by atoms with Crippen LogP contribution < -0.4 is 5.32 Å². The molecule has 2 heteroatoms. The number of nitrogens with one attached hydrogen (secondary N) is 1. The van der Waals surface area contributed by atoms with Crippen LogP contribution in [0.2, 0.25) is 0 Å². The molecule has 2 unspecified atom stereocenters. The van der Waals surface area contributed by atoms with Gasteiger partial charge in [0.15, 0.2) is 0 Å². The minimum atomic E-state index is 0.204. The zero-order valence-electron chi connectivity index (χ0n) is 13.3. The van der Waals surface area contributed by atoms with E-state index >= 15 is 0 Å². The summed E-state index contributed by atoms with van der Waals surface area (Å²) in [6.07, 6.45) is 7.48. The van der Waals surface area contributed by atoms with Gasteiger partial charge < -0.3 is 5.32 Å². The summed E-state index contributed by atoms with van der Waals surface area (Å²) in [5.74, 6) is 1.07. The Balaban J connectivity index is 1.51. The van der Waals surface area contributed by atoms with Crippen LogP contribution in [0.1, 0.15) is 45.4 Å². The van der Waals surface area contributed by atoms with E-state index in [0.717, 1.165) is 12.1 Å². The van der Waals surface area contributed by atoms with Crippen molar-refractivity contribution in [1.82, 2.24) is 0 Å². The number of fused-ring (bicyclic) bond motifs is 1. The van der Waals surface area contributed by atoms with Gasteiger partial charge in [-0.2, -0.15) is 0 Å². The molecule has 1 aliphatic rings. The Morgan fingerprint density at radius 3 is 2.73 bits per heavy atom. The molecule has 116 valence electrons. The summed E-state index contributed by atoms with van der Waals surface area (Å²) in [6, 6.07) is 14.4. The van der Waals surface area contributed by atoms with Crippen molar-refractivity contribution in [2.75, 3.05) is 5.32 Å². The van der Waals surface area contributed by atoms with Crippen molar-refractivity contribution >= 4 is 22.4 Å². The van der Waals surface area contributed by atoms with Crippen LogP contribution in [0.5, 0.6) is 0 Å². The lowest BCUT2D eigenvalue weighted by atomic mass is 10.1. The Labute approximate surface area is 132 Å². The predicted molar refractivity (Wildman–Crippen MR) is 92.9 cm³/mol. The lowest BCUT2D eigenvalue weighted by Crippen LogP contribution is -2.14. The molecule has 22 heavy (non-hydrogen) atoms. The summed E-state index contributed by atoms with van der Waals surface area (Å²) in [4.78, 5) is 12.3. The lowest BCUT2D eigenvalue weighted by Gasteiger charge is -2.06. The highest BCUT2D eigenvalue weighted by Gasteiger charge is 2.42. The predicted octanol–water partition coefficient (Wildman–Crippen LogP) is 5.38. The first-order valence-corrected chi connectivity index (χ1v) is 8.57. The van der Waals surface area contributed by atoms with Crippen molar-refractivity contribution < 1.29 is 4.79 Å². The normalized spacial score (nSPS) is 20.0. The van der Waals surface area contributed by atoms with Crippen molar-refractivity contribution in [2.24, 2.45) is 11.8 Å². The molecule has 3 rings (SSSR count). The van der Waals surface area contributed by atoms with Gasteiger partial charge in [-0.1, -0.05) is 62.9 Å². The second-order valence-corrected chi connectivity index (χ2v) is 6.50. The molecule has 0 radical (unpaired) electrons. The smallest absolute Gasteiger partial charge is 0.227 e. The second kappa shape index (κ2) is 6.95. The average molecular weight is 295 g/mol. The Kier molecular flexibility index (Phi) is 4.77. The van der Waals surface area contributed by atoms with E-state index in [0.29, 0.717) is 5.92 Å². The number of hydrogen-bond acceptors (Lipinski definition) is 1. The second-order valence-electron chi connectivity index (χ2n) is 6.50. The van der Waals surface area contributed by atoms with Gasteiger partial charge in [-0.15, -0.1) is 0 Å². The molecule has 1 aliphatic carbocycles. The maximum atomic E-state index is 12.3. The molecular formula is C20H25NO. The lowest BCUT2D eigenvalue weighted by molar-refractivity contribution is -0.117. The first-order chi connectivity index (χ1) is 10.8. The van der Waals surface area contributed by atoms with E-state index in [1.807, 2.05) is 18.2 Å². The van der Waals surface area contributed by atoms with Crippen LogP contribution in [0.25, 0.3) is 10.8 Å². The highest BCUT2D eigenvalue weighted by atomic mass is 16.2. The molecule has 2 atom stereocenters. The van der Waals surface area contributed by atoms with Crippen molar-refractivity contribution in [3.8, 4) is 0 Å². The summed E-state index contributed by atoms with van der Waals surface area (Å²) in [7, 11) is 0. The van der Waals surface area contributed by atoms with Crippen LogP contribution in [-0.2, 0) is 4.79 Å². The monoisotopic (exact) mass is 295 g/mol. The Morgan fingerprint density at radius 1 is 1.09 bits per heavy atom. The van der Waals surface area contributed by atoms with Gasteiger partial charge in [-0.25, -0.2) is 0 Å². The van der Waals surface area contributed by atoms with Gasteiger partial charge in [0.2, 0.25) is 5.91 Å². The Hall–Kier alpha value is -1.83. The van der Waals surface area contributed by atoms with E-state index < -0.39 is 0 Å². The quantitative estimate of drug-likeness (QED) is 0.682. The van der Waals surface area contributed by atoms with E-state index in [9.17, 15) is 4.79 Å². The van der Waals surface area contributed by atoms with Crippen molar-refractivity contribution in [3.05, 3.63) is 42.5 Å². The molecule has 0 spiro atoms. The number of anilines is 1. The molecule has 1 saturated carbocycles. The molecule has 1 amide bonds. The van der Waals surface area contributed by atoms with Crippen LogP contribution in [0.3, 0.4) is 0 Å². The standard InChI is InChI=1S/C20H25NO/c1-2-3-4-5-10-17-14-19(17)20(22)21-18-12-11-15-8-6-7-9-16(15)13-18/h6-9,11-13,17,19H,2-5,10,14H2,1H3,(H,21,22). The largest absolute Gasteiger partial charge is 0.326 e. The number of unbranched alkanes of at least 4 members (excludes halogenated alkanes) is 3. The first kappa shape index (κ1) is 15.1. The van der Waals surface area contributed by atoms with Crippen LogP contribution in [0.4, 0.5) is 5.69 Å². The molecule has 0 heterocycles. The number of amides is 1. The van der Waals surface area contributed by atoms with E-state index in [-0.39, 0.29) is 11.8 Å². The highest BCUT2D eigenvalue weighted by Crippen LogP contribution is 2.43. The summed E-state index contributed by atoms with van der Waals surface area (Å²) in [6.45, 7) is 2.23. The summed E-state index contributed by atoms with van der Waals surface area (Å²) in [5, 5.41) is 5.47. The minimum absolute atomic E-state index is 0.204. The zero-order chi connectivity index (χ0) is 15.4. The third-order valence-corrected chi connectivity index (χ3v) is 4.70. The van der Waals surface area contributed by atoms with Gasteiger partial charge >= 0.3 is 0 Å². The van der Waals surface area contributed by atoms with E-state index in [4.69, 9.17) is 0 Å². The molecule has 2 aromatic carbocycles. The number of benzene rings is 2. The first-order valence-electron chi connectivity index (χ1n) is 8.57. The van der Waals surface area contributed by atoms with Crippen LogP contribution >= 0.6 is 0 Å². The fraction of sp³-hybridized carbons (Fsp3) is 0.450. The van der Waals surface area contributed by atoms with Gasteiger partial charge in [0.05, 0.1) is 0 Å². The van der Waals surface area contributed by atoms with E-state index in [1.165, 1.54) is 42.9 Å². The number of carbonyl (C=O) groups excluding carboxylic acids is 1. The van der Waals surface area contributed by atoms with E-state index in [1.54, 1.807) is 0 Å². The minimum Gasteiger partial charge on any atom is -0.326 e. The molecule has 2 aromatic rings. The fourth-order valence-corrected chi connectivity index (χ4v) is 3.22. The Bertz CT molecular complexity index is 649. The van der Waals surface area contributed by atoms with Gasteiger partial charge in [0, 0.05) is 11.6 Å². The van der Waals surface area contributed by atoms with Gasteiger partial charge in [0.1, 0.15) is 0 Å². The van der Waals surface area contributed by atoms with Crippen molar-refractivity contribution in [2.45, 2.75) is 45.4 Å². The van der Waals surface area contributed by atoms with Gasteiger partial charge in [-0.05, 0) is 41.7 Å². The van der Waals surface area contributed by atoms with Crippen molar-refractivity contribution in [1.29, 1.82) is 0 Å². The number of carbonyl (C=O) groups is 1. The van der Waals surface area contributed by atoms with Crippen molar-refractivity contribution in [3.63, 3.8) is 0 Å². The van der Waals surface area contributed by atoms with Crippen LogP contribution in [-0.4, -0.2) is 5.91 Å². The summed E-state index contributed by atoms with van der Waals surface area (Å²) >= 11 is 0. The van der Waals surface area contributed by atoms with Gasteiger partial charge in [-0.3, -0.25) is 4.79 Å². The van der Waals surface area contributed by atoms with E-state index in [2.05, 4.69) is 36.5 Å². The van der Waals surface area contributed by atoms with Gasteiger partial charge in [0.25, 0.3) is 0 Å². The summed E-state index contributed by atoms with van der Waals surface area (Å²) in [5.41, 5.74) is 0.917. The molecule has 0 bridgehead atoms. The third kappa shape index (κ3) is 3.68. The van der Waals surface area contributed by atoms with Crippen LogP contribution in [0, 0.1) is 11.8 Å². The Morgan fingerprint density at radius 2 is 1.91 bits per heavy atom. The maximum absolute atomic E-state index is 12.3. The molecule has 1 N–H and O–H groups in total. The number of hydrogen-bond donors (Lipinski definition) is 1. The average Bonchev–Trinajstić information content (AvgIpc) is 3.31. The summed E-state index contributed by atoms with van der Waals surface area (Å²) < 4.78 is 0. The third-order valence-electron chi connectivity index (χ3n) is 4.70. The van der Waals surface area contributed by atoms with Crippen LogP contribution in [0.15, 0.2) is 42.5 Å². The topological polar surface area (TPSA) is 29.1 Å². The SMILES string of the molecule is CCCCCCC1CC1C(=O)Nc1ccc2ccccc2c1. The molecule has 1 fully saturated rings. The molecule has 0 aromatic heterocycles. The zero-order valence-corrected chi connectivity index (χ0v) is 13.3. The fourth-order valence-electron chi connectivity index (χ4n) is 3.22. The maximum Gasteiger partial charge on any atom is 0.227 e. The molecular weight excluding hydrogens is 270 g/mol. The molecule has 0 saturated heterocycles. The number of rotatable bonds is 7.